The van der Waals surface area contributed by atoms with E-state index in [1.54, 1.807) is 0 Å². The van der Waals surface area contributed by atoms with E-state index in [0.29, 0.717) is 6.54 Å². The van der Waals surface area contributed by atoms with Crippen LogP contribution in [0.3, 0.4) is 0 Å². The molecule has 3 heteroatoms. The van der Waals surface area contributed by atoms with Crippen LogP contribution < -0.4 is 5.73 Å². The van der Waals surface area contributed by atoms with Gasteiger partial charge in [-0.1, -0.05) is 32.4 Å². The molecule has 1 amide bonds. The van der Waals surface area contributed by atoms with Crippen molar-refractivity contribution >= 4 is 5.91 Å². The minimum atomic E-state index is -0.542. The molecule has 0 bridgehead atoms. The molecule has 0 unspecified atom stereocenters. The minimum absolute atomic E-state index is 0.157. The first-order chi connectivity index (χ1) is 8.37. The molecule has 0 fully saturated rings. The molecule has 0 atom stereocenters. The van der Waals surface area contributed by atoms with Crippen LogP contribution in [0.2, 0.25) is 0 Å². The lowest BCUT2D eigenvalue weighted by molar-refractivity contribution is -0.143. The largest absolute Gasteiger partial charge is 0.338 e. The van der Waals surface area contributed by atoms with Gasteiger partial charge in [0.15, 0.2) is 0 Å². The third kappa shape index (κ3) is 3.38. The lowest BCUT2D eigenvalue weighted by Gasteiger charge is -2.42. The van der Waals surface area contributed by atoms with Gasteiger partial charge in [-0.25, -0.2) is 0 Å². The highest BCUT2D eigenvalue weighted by atomic mass is 16.2. The summed E-state index contributed by atoms with van der Waals surface area (Å²) in [7, 11) is 0. The van der Waals surface area contributed by atoms with Crippen LogP contribution in [-0.2, 0) is 4.79 Å². The van der Waals surface area contributed by atoms with Crippen molar-refractivity contribution in [1.82, 2.24) is 4.90 Å². The van der Waals surface area contributed by atoms with Gasteiger partial charge in [-0.3, -0.25) is 4.79 Å². The minimum Gasteiger partial charge on any atom is -0.338 e. The average molecular weight is 266 g/mol. The smallest absolute Gasteiger partial charge is 0.230 e. The zero-order chi connectivity index (χ0) is 15.1. The molecule has 110 valence electrons. The third-order valence-corrected chi connectivity index (χ3v) is 4.61. The van der Waals surface area contributed by atoms with Crippen molar-refractivity contribution in [2.24, 2.45) is 16.6 Å². The van der Waals surface area contributed by atoms with Gasteiger partial charge in [-0.05, 0) is 39.5 Å². The predicted molar refractivity (Wildman–Crippen MR) is 80.8 cm³/mol. The topological polar surface area (TPSA) is 46.3 Å². The van der Waals surface area contributed by atoms with Gasteiger partial charge in [0.2, 0.25) is 5.91 Å². The second-order valence-electron chi connectivity index (χ2n) is 7.83. The highest BCUT2D eigenvalue weighted by Crippen LogP contribution is 2.34. The van der Waals surface area contributed by atoms with E-state index >= 15 is 0 Å². The Hall–Kier alpha value is -0.830. The maximum atomic E-state index is 12.6. The standard InChI is InChI=1S/C16H30N2O/c1-14(2,3)12-8-10-18(11-9-12)13(19)15(4,5)16(6,7)17/h8H,9-11,17H2,1-7H3. The summed E-state index contributed by atoms with van der Waals surface area (Å²) in [6.45, 7) is 15.9. The van der Waals surface area contributed by atoms with Gasteiger partial charge < -0.3 is 10.6 Å². The quantitative estimate of drug-likeness (QED) is 0.781. The molecule has 1 aliphatic heterocycles. The number of rotatable bonds is 2. The monoisotopic (exact) mass is 266 g/mol. The Balaban J connectivity index is 2.82. The van der Waals surface area contributed by atoms with Crippen LogP contribution in [0.15, 0.2) is 11.6 Å². The Bertz CT molecular complexity index is 381. The van der Waals surface area contributed by atoms with Crippen molar-refractivity contribution < 1.29 is 4.79 Å². The fourth-order valence-electron chi connectivity index (χ4n) is 2.21. The van der Waals surface area contributed by atoms with Gasteiger partial charge in [0.1, 0.15) is 0 Å². The Morgan fingerprint density at radius 3 is 2.00 bits per heavy atom. The van der Waals surface area contributed by atoms with Crippen molar-refractivity contribution in [2.75, 3.05) is 13.1 Å². The number of hydrogen-bond donors (Lipinski definition) is 1. The number of carbonyl (C=O) groups excluding carboxylic acids is 1. The van der Waals surface area contributed by atoms with Crippen LogP contribution in [0, 0.1) is 10.8 Å². The van der Waals surface area contributed by atoms with Crippen LogP contribution in [0.4, 0.5) is 0 Å². The molecule has 0 saturated carbocycles. The van der Waals surface area contributed by atoms with Crippen molar-refractivity contribution in [3.63, 3.8) is 0 Å². The predicted octanol–water partition coefficient (Wildman–Crippen LogP) is 2.95. The van der Waals surface area contributed by atoms with E-state index in [9.17, 15) is 4.79 Å². The summed E-state index contributed by atoms with van der Waals surface area (Å²) >= 11 is 0. The molecule has 2 N–H and O–H groups in total. The maximum Gasteiger partial charge on any atom is 0.230 e. The zero-order valence-corrected chi connectivity index (χ0v) is 13.6. The van der Waals surface area contributed by atoms with E-state index in [1.807, 2.05) is 32.6 Å². The molecule has 1 aliphatic rings. The SMILES string of the molecule is CC(C)(C)C1=CCN(C(=O)C(C)(C)C(C)(C)N)CC1. The summed E-state index contributed by atoms with van der Waals surface area (Å²) in [5.41, 5.74) is 6.75. The van der Waals surface area contributed by atoms with Gasteiger partial charge in [-0.15, -0.1) is 0 Å². The van der Waals surface area contributed by atoms with E-state index in [2.05, 4.69) is 26.8 Å². The summed E-state index contributed by atoms with van der Waals surface area (Å²) in [5.74, 6) is 0.157. The zero-order valence-electron chi connectivity index (χ0n) is 13.6. The molecule has 0 saturated heterocycles. The van der Waals surface area contributed by atoms with Crippen LogP contribution >= 0.6 is 0 Å². The van der Waals surface area contributed by atoms with E-state index in [4.69, 9.17) is 5.73 Å². The summed E-state index contributed by atoms with van der Waals surface area (Å²) in [4.78, 5) is 14.6. The molecule has 1 rings (SSSR count). The van der Waals surface area contributed by atoms with Crippen molar-refractivity contribution in [3.8, 4) is 0 Å². The van der Waals surface area contributed by atoms with Crippen molar-refractivity contribution in [3.05, 3.63) is 11.6 Å². The molecule has 1 heterocycles. The Labute approximate surface area is 118 Å². The molecular formula is C16H30N2O. The Morgan fingerprint density at radius 1 is 1.16 bits per heavy atom. The molecule has 0 aliphatic carbocycles. The average Bonchev–Trinajstić information content (AvgIpc) is 2.25. The summed E-state index contributed by atoms with van der Waals surface area (Å²) in [6.07, 6.45) is 3.18. The first-order valence-electron chi connectivity index (χ1n) is 7.15. The number of nitrogens with zero attached hydrogens (tertiary/aromatic N) is 1. The van der Waals surface area contributed by atoms with Gasteiger partial charge in [0.05, 0.1) is 5.41 Å². The van der Waals surface area contributed by atoms with E-state index in [-0.39, 0.29) is 11.3 Å². The molecule has 0 aromatic carbocycles. The summed E-state index contributed by atoms with van der Waals surface area (Å²) < 4.78 is 0. The molecule has 0 aromatic heterocycles. The van der Waals surface area contributed by atoms with Gasteiger partial charge in [0, 0.05) is 18.6 Å². The normalized spacial score (nSPS) is 18.3. The van der Waals surface area contributed by atoms with Crippen LogP contribution in [0.25, 0.3) is 0 Å². The maximum absolute atomic E-state index is 12.6. The fraction of sp³-hybridized carbons (Fsp3) is 0.812. The number of hydrogen-bond acceptors (Lipinski definition) is 2. The second kappa shape index (κ2) is 4.93. The number of amides is 1. The van der Waals surface area contributed by atoms with E-state index in [0.717, 1.165) is 13.0 Å². The first-order valence-corrected chi connectivity index (χ1v) is 7.15. The highest BCUT2D eigenvalue weighted by Gasteiger charge is 2.43. The summed E-state index contributed by atoms with van der Waals surface area (Å²) in [5, 5.41) is 0. The summed E-state index contributed by atoms with van der Waals surface area (Å²) in [6, 6.07) is 0. The van der Waals surface area contributed by atoms with Crippen LogP contribution in [0.5, 0.6) is 0 Å². The van der Waals surface area contributed by atoms with Gasteiger partial charge >= 0.3 is 0 Å². The second-order valence-corrected chi connectivity index (χ2v) is 7.83. The third-order valence-electron chi connectivity index (χ3n) is 4.61. The lowest BCUT2D eigenvalue weighted by atomic mass is 9.73. The number of nitrogens with two attached hydrogens (primary N) is 1. The molecule has 0 spiro atoms. The first kappa shape index (κ1) is 16.2. The van der Waals surface area contributed by atoms with Crippen molar-refractivity contribution in [2.45, 2.75) is 60.4 Å². The van der Waals surface area contributed by atoms with Gasteiger partial charge in [0.25, 0.3) is 0 Å². The van der Waals surface area contributed by atoms with E-state index < -0.39 is 11.0 Å². The van der Waals surface area contributed by atoms with Gasteiger partial charge in [-0.2, -0.15) is 0 Å². The highest BCUT2D eigenvalue weighted by molar-refractivity contribution is 5.83. The van der Waals surface area contributed by atoms with E-state index in [1.165, 1.54) is 5.57 Å². The molecule has 19 heavy (non-hydrogen) atoms. The van der Waals surface area contributed by atoms with Crippen LogP contribution in [0.1, 0.15) is 54.9 Å². The molecule has 3 nitrogen and oxygen atoms in total. The Morgan fingerprint density at radius 2 is 1.68 bits per heavy atom. The van der Waals surface area contributed by atoms with Crippen molar-refractivity contribution in [1.29, 1.82) is 0 Å². The lowest BCUT2D eigenvalue weighted by Crippen LogP contribution is -2.57. The molecule has 0 aromatic rings. The fourth-order valence-corrected chi connectivity index (χ4v) is 2.21. The Kier molecular flexibility index (Phi) is 4.21. The molecule has 0 radical (unpaired) electrons. The molecular weight excluding hydrogens is 236 g/mol. The van der Waals surface area contributed by atoms with Crippen LogP contribution in [-0.4, -0.2) is 29.4 Å². The number of carbonyl (C=O) groups is 1.